The molecule has 4 heteroatoms. The number of rotatable bonds is 8. The summed E-state index contributed by atoms with van der Waals surface area (Å²) in [6, 6.07) is 92.4. The zero-order valence-corrected chi connectivity index (χ0v) is 69.8. The van der Waals surface area contributed by atoms with Crippen LogP contribution >= 0.6 is 0 Å². The molecule has 112 heavy (non-hydrogen) atoms. The van der Waals surface area contributed by atoms with Crippen LogP contribution in [0.15, 0.2) is 231 Å². The second-order valence-corrected chi connectivity index (χ2v) is 41.8. The van der Waals surface area contributed by atoms with Crippen molar-refractivity contribution in [2.45, 2.75) is 234 Å². The van der Waals surface area contributed by atoms with E-state index in [-0.39, 0.29) is 43.8 Å². The Hall–Kier alpha value is -9.12. The zero-order chi connectivity index (χ0) is 77.3. The maximum atomic E-state index is 2.77. The molecular formula is C108H118N4. The van der Waals surface area contributed by atoms with Crippen LogP contribution in [0.3, 0.4) is 0 Å². The lowest BCUT2D eigenvalue weighted by Crippen LogP contribution is -2.48. The topological polar surface area (TPSA) is 13.0 Å². The predicted octanol–water partition coefficient (Wildman–Crippen LogP) is 30.6. The zero-order valence-electron chi connectivity index (χ0n) is 69.8. The number of hydrogen-bond acceptors (Lipinski definition) is 4. The van der Waals surface area contributed by atoms with E-state index < -0.39 is 0 Å². The number of para-hydroxylation sites is 4. The van der Waals surface area contributed by atoms with E-state index >= 15 is 0 Å². The fourth-order valence-corrected chi connectivity index (χ4v) is 25.2. The van der Waals surface area contributed by atoms with Crippen LogP contribution in [0.25, 0.3) is 76.8 Å². The van der Waals surface area contributed by atoms with Gasteiger partial charge in [0.25, 0.3) is 0 Å². The Labute approximate surface area is 669 Å². The van der Waals surface area contributed by atoms with Gasteiger partial charge in [-0.3, -0.25) is 0 Å². The number of anilines is 8. The second-order valence-electron chi connectivity index (χ2n) is 41.8. The molecule has 12 atom stereocenters. The fourth-order valence-electron chi connectivity index (χ4n) is 25.2. The summed E-state index contributed by atoms with van der Waals surface area (Å²) in [6.07, 6.45) is 14.2. The van der Waals surface area contributed by atoms with E-state index in [1.807, 2.05) is 0 Å². The lowest BCUT2D eigenvalue weighted by molar-refractivity contribution is 0.127. The maximum absolute atomic E-state index is 2.77. The third-order valence-electron chi connectivity index (χ3n) is 31.8. The minimum absolute atomic E-state index is 0.0645. The molecule has 4 nitrogen and oxygen atoms in total. The van der Waals surface area contributed by atoms with Crippen LogP contribution in [0.1, 0.15) is 234 Å². The maximum Gasteiger partial charge on any atom is 0.0492 e. The van der Waals surface area contributed by atoms with Gasteiger partial charge in [-0.25, -0.2) is 0 Å². The molecule has 570 valence electrons. The molecule has 12 unspecified atom stereocenters. The van der Waals surface area contributed by atoms with Crippen molar-refractivity contribution in [2.75, 3.05) is 19.6 Å². The normalized spacial score (nSPS) is 27.5. The monoisotopic (exact) mass is 1470 g/mol. The molecule has 20 rings (SSSR count). The van der Waals surface area contributed by atoms with Crippen molar-refractivity contribution in [2.24, 2.45) is 45.3 Å². The lowest BCUT2D eigenvalue weighted by atomic mass is 9.62. The number of fused-ring (bicyclic) bond motifs is 12. The van der Waals surface area contributed by atoms with E-state index in [1.165, 1.54) is 196 Å². The molecular weight excluding hydrogens is 1350 g/mol. The summed E-state index contributed by atoms with van der Waals surface area (Å²) in [5.41, 5.74) is 27.9. The smallest absolute Gasteiger partial charge is 0.0492 e. The van der Waals surface area contributed by atoms with E-state index in [2.05, 4.69) is 361 Å². The van der Waals surface area contributed by atoms with E-state index in [0.29, 0.717) is 47.3 Å². The van der Waals surface area contributed by atoms with E-state index in [4.69, 9.17) is 0 Å². The number of benzene rings is 12. The molecule has 12 aromatic rings. The van der Waals surface area contributed by atoms with Crippen molar-refractivity contribution in [3.8, 4) is 44.5 Å². The highest BCUT2D eigenvalue weighted by Crippen LogP contribution is 2.67. The SMILES string of the molecule is CC(C)(C)C1CCC2(C)C(C1)c1cc(-c3cc(-c4ccc5c(c4)C4CC(C(C)(C)C)CCC4(C)N5c4ccccc4)c4ccc5c(-c6ccc7c(c6)C6CC(C(C)(C)C)CCC6(C)N7c6ccccc6)cc(-c6ccc7c(c6)C6CC(C(C)(C)C)CCC6(C)N7c6ccccc6)c6ccc3c4c65)ccc1N2c1ccccc1. The van der Waals surface area contributed by atoms with Gasteiger partial charge in [0.05, 0.1) is 0 Å². The molecule has 4 saturated carbocycles. The summed E-state index contributed by atoms with van der Waals surface area (Å²) in [5.74, 6) is 3.94. The average molecular weight is 1470 g/mol. The third kappa shape index (κ3) is 10.8. The standard InChI is InChI=1S/C108H118N4/c1-101(2,3)71-49-53-105(13)91(61-71)87-57-67(37-45-95(87)109(105)75-29-21-17-22-30-75)83-65-84(68-38-46-96-88(58-68)92-62-72(102(4,5)6)50-54-106(92,14)110(96)76-31-23-18-24-32-76)80-43-44-82-86(70-40-48-98-90(60-70)94-64-74(104(10,11)12)52-56-108(94,16)112(98)78-35-27-20-28-36-78)66-85(81-42-41-79(83)99(80)100(81)82)69-39-47-97-89(59-69)93-63-73(103(7,8)9)51-55-107(93,15)111(97)77-33-25-19-26-34-77/h17-48,57-60,65-66,71-74,91-94H,49-56,61-64H2,1-16H3. The van der Waals surface area contributed by atoms with Crippen molar-refractivity contribution in [3.63, 3.8) is 0 Å². The Morgan fingerprint density at radius 2 is 0.455 bits per heavy atom. The van der Waals surface area contributed by atoms with Crippen molar-refractivity contribution in [1.29, 1.82) is 0 Å². The molecule has 0 bridgehead atoms. The van der Waals surface area contributed by atoms with Gasteiger partial charge in [-0.1, -0.05) is 204 Å². The Morgan fingerprint density at radius 1 is 0.250 bits per heavy atom. The molecule has 0 aromatic heterocycles. The highest BCUT2D eigenvalue weighted by molar-refractivity contribution is 6.32. The average Bonchev–Trinajstić information content (AvgIpc) is 1.41. The summed E-state index contributed by atoms with van der Waals surface area (Å²) in [6.45, 7) is 40.4. The van der Waals surface area contributed by atoms with Crippen LogP contribution in [0, 0.1) is 45.3 Å². The second kappa shape index (κ2) is 25.2. The van der Waals surface area contributed by atoms with Crippen molar-refractivity contribution in [1.82, 2.24) is 0 Å². The quantitative estimate of drug-likeness (QED) is 0.141. The largest absolute Gasteiger partial charge is 0.335 e. The predicted molar refractivity (Wildman–Crippen MR) is 478 cm³/mol. The molecule has 4 heterocycles. The highest BCUT2D eigenvalue weighted by Gasteiger charge is 2.58. The summed E-state index contributed by atoms with van der Waals surface area (Å²) < 4.78 is 0. The number of hydrogen-bond donors (Lipinski definition) is 0. The van der Waals surface area contributed by atoms with E-state index in [1.54, 1.807) is 0 Å². The Bertz CT molecular complexity index is 4990. The first-order valence-electron chi connectivity index (χ1n) is 43.3. The first-order valence-corrected chi connectivity index (χ1v) is 43.3. The van der Waals surface area contributed by atoms with Crippen molar-refractivity contribution in [3.05, 3.63) is 253 Å². The molecule has 0 N–H and O–H groups in total. The highest BCUT2D eigenvalue weighted by atomic mass is 15.3. The molecule has 0 saturated heterocycles. The summed E-state index contributed by atoms with van der Waals surface area (Å²) in [7, 11) is 0. The van der Waals surface area contributed by atoms with E-state index in [0.717, 1.165) is 25.7 Å². The van der Waals surface area contributed by atoms with Gasteiger partial charge in [-0.15, -0.1) is 0 Å². The Kier molecular flexibility index (Phi) is 16.2. The van der Waals surface area contributed by atoms with Gasteiger partial charge in [0, 0.05) is 91.3 Å². The van der Waals surface area contributed by atoms with Crippen LogP contribution in [0.5, 0.6) is 0 Å². The van der Waals surface area contributed by atoms with Crippen LogP contribution < -0.4 is 19.6 Å². The van der Waals surface area contributed by atoms with Crippen LogP contribution in [-0.4, -0.2) is 22.2 Å². The molecule has 0 spiro atoms. The molecule has 4 aliphatic carbocycles. The Morgan fingerprint density at radius 3 is 0.652 bits per heavy atom. The van der Waals surface area contributed by atoms with Gasteiger partial charge in [0.2, 0.25) is 0 Å². The third-order valence-corrected chi connectivity index (χ3v) is 31.8. The van der Waals surface area contributed by atoms with Crippen LogP contribution in [0.2, 0.25) is 0 Å². The molecule has 0 radical (unpaired) electrons. The Balaban J connectivity index is 0.864. The van der Waals surface area contributed by atoms with Gasteiger partial charge < -0.3 is 19.6 Å². The van der Waals surface area contributed by atoms with Gasteiger partial charge in [-0.2, -0.15) is 0 Å². The molecule has 8 aliphatic rings. The fraction of sp³-hybridized carbons (Fsp3) is 0.407. The van der Waals surface area contributed by atoms with Gasteiger partial charge in [0.1, 0.15) is 0 Å². The molecule has 4 fully saturated rings. The molecule has 4 aliphatic heterocycles. The summed E-state index contributed by atoms with van der Waals surface area (Å²) >= 11 is 0. The lowest BCUT2D eigenvalue weighted by Gasteiger charge is -2.49. The van der Waals surface area contributed by atoms with Crippen molar-refractivity contribution >= 4 is 77.8 Å². The minimum atomic E-state index is -0.0645. The summed E-state index contributed by atoms with van der Waals surface area (Å²) in [5, 5.41) is 8.08. The molecule has 0 amide bonds. The summed E-state index contributed by atoms with van der Waals surface area (Å²) in [4.78, 5) is 11.1. The van der Waals surface area contributed by atoms with Crippen LogP contribution in [-0.2, 0) is 0 Å². The van der Waals surface area contributed by atoms with Gasteiger partial charge in [-0.05, 0) is 358 Å². The van der Waals surface area contributed by atoms with Crippen LogP contribution in [0.4, 0.5) is 45.5 Å². The molecule has 12 aromatic carbocycles. The van der Waals surface area contributed by atoms with Crippen molar-refractivity contribution < 1.29 is 0 Å². The van der Waals surface area contributed by atoms with E-state index in [9.17, 15) is 0 Å². The van der Waals surface area contributed by atoms with Gasteiger partial charge >= 0.3 is 0 Å². The first kappa shape index (κ1) is 71.9. The first-order chi connectivity index (χ1) is 53.5. The number of nitrogens with zero attached hydrogens (tertiary/aromatic N) is 4. The minimum Gasteiger partial charge on any atom is -0.335 e. The van der Waals surface area contributed by atoms with Gasteiger partial charge in [0.15, 0.2) is 0 Å².